The van der Waals surface area contributed by atoms with E-state index in [0.29, 0.717) is 0 Å². The normalized spacial score (nSPS) is 15.3. The van der Waals surface area contributed by atoms with Crippen molar-refractivity contribution >= 4 is 21.6 Å². The first-order valence-electron chi connectivity index (χ1n) is 3.68. The van der Waals surface area contributed by atoms with E-state index in [1.54, 1.807) is 18.6 Å². The summed E-state index contributed by atoms with van der Waals surface area (Å²) in [6.45, 7) is 3.37. The molecule has 0 aromatic carbocycles. The van der Waals surface area contributed by atoms with E-state index >= 15 is 0 Å². The lowest BCUT2D eigenvalue weighted by molar-refractivity contribution is 0.232. The van der Waals surface area contributed by atoms with Gasteiger partial charge in [-0.25, -0.2) is 13.1 Å². The summed E-state index contributed by atoms with van der Waals surface area (Å²) in [6, 6.07) is 0. The zero-order valence-corrected chi connectivity index (χ0v) is 8.87. The van der Waals surface area contributed by atoms with E-state index in [9.17, 15) is 17.2 Å². The van der Waals surface area contributed by atoms with Gasteiger partial charge in [0.25, 0.3) is 10.0 Å². The molecule has 0 rings (SSSR count). The van der Waals surface area contributed by atoms with Crippen molar-refractivity contribution in [2.24, 2.45) is 5.92 Å². The third-order valence-electron chi connectivity index (χ3n) is 1.44. The molecule has 0 aromatic rings. The van der Waals surface area contributed by atoms with Gasteiger partial charge >= 0.3 is 5.76 Å². The van der Waals surface area contributed by atoms with Crippen LogP contribution in [0.1, 0.15) is 13.8 Å². The lowest BCUT2D eigenvalue weighted by atomic mass is 10.1. The third-order valence-corrected chi connectivity index (χ3v) is 3.13. The first-order valence-corrected chi connectivity index (χ1v) is 5.66. The predicted molar refractivity (Wildman–Crippen MR) is 47.4 cm³/mol. The molecular weight excluding hydrogens is 224 g/mol. The molecule has 0 saturated carbocycles. The Hall–Kier alpha value is 0.0600. The van der Waals surface area contributed by atoms with Crippen LogP contribution in [-0.2, 0) is 10.0 Å². The molecule has 0 bridgehead atoms. The largest absolute Gasteiger partial charge is 0.350 e. The summed E-state index contributed by atoms with van der Waals surface area (Å²) in [4.78, 5) is 0. The SMILES string of the molecule is CC(C)C(Cl)CNS(=O)(=O)C(F)F. The Kier molecular flexibility index (Phi) is 5.09. The van der Waals surface area contributed by atoms with Crippen molar-refractivity contribution in [2.75, 3.05) is 6.54 Å². The van der Waals surface area contributed by atoms with Gasteiger partial charge in [-0.1, -0.05) is 13.8 Å². The van der Waals surface area contributed by atoms with Crippen molar-refractivity contribution in [2.45, 2.75) is 25.0 Å². The van der Waals surface area contributed by atoms with Crippen molar-refractivity contribution in [1.82, 2.24) is 4.72 Å². The average Bonchev–Trinajstić information content (AvgIpc) is 1.99. The first-order chi connectivity index (χ1) is 5.77. The second kappa shape index (κ2) is 5.07. The van der Waals surface area contributed by atoms with Crippen LogP contribution >= 0.6 is 11.6 Å². The lowest BCUT2D eigenvalue weighted by Crippen LogP contribution is -2.35. The van der Waals surface area contributed by atoms with Crippen molar-refractivity contribution in [1.29, 1.82) is 0 Å². The van der Waals surface area contributed by atoms with E-state index in [0.717, 1.165) is 0 Å². The van der Waals surface area contributed by atoms with Gasteiger partial charge < -0.3 is 0 Å². The van der Waals surface area contributed by atoms with Crippen LogP contribution in [0, 0.1) is 5.92 Å². The molecule has 0 spiro atoms. The third kappa shape index (κ3) is 4.73. The van der Waals surface area contributed by atoms with E-state index in [1.165, 1.54) is 0 Å². The Balaban J connectivity index is 4.04. The molecule has 0 saturated heterocycles. The Morgan fingerprint density at radius 3 is 2.15 bits per heavy atom. The highest BCUT2D eigenvalue weighted by atomic mass is 35.5. The molecule has 0 aromatic heterocycles. The maximum absolute atomic E-state index is 11.8. The Morgan fingerprint density at radius 1 is 1.38 bits per heavy atom. The van der Waals surface area contributed by atoms with Crippen LogP contribution < -0.4 is 4.72 Å². The average molecular weight is 236 g/mol. The zero-order chi connectivity index (χ0) is 10.6. The van der Waals surface area contributed by atoms with Gasteiger partial charge in [-0.05, 0) is 5.92 Å². The highest BCUT2D eigenvalue weighted by Gasteiger charge is 2.24. The molecule has 1 N–H and O–H groups in total. The molecule has 1 atom stereocenters. The van der Waals surface area contributed by atoms with E-state index in [1.807, 2.05) is 0 Å². The van der Waals surface area contributed by atoms with Crippen molar-refractivity contribution in [3.8, 4) is 0 Å². The highest BCUT2D eigenvalue weighted by molar-refractivity contribution is 7.89. The number of halogens is 3. The predicted octanol–water partition coefficient (Wildman–Crippen LogP) is 1.39. The standard InChI is InChI=1S/C6H12ClF2NO2S/c1-4(2)5(7)3-10-13(11,12)6(8)9/h4-6,10H,3H2,1-2H3. The minimum Gasteiger partial charge on any atom is -0.209 e. The van der Waals surface area contributed by atoms with Crippen molar-refractivity contribution in [3.05, 3.63) is 0 Å². The van der Waals surface area contributed by atoms with Gasteiger partial charge in [0.2, 0.25) is 0 Å². The number of nitrogens with one attached hydrogen (secondary N) is 1. The summed E-state index contributed by atoms with van der Waals surface area (Å²) in [7, 11) is -4.49. The maximum atomic E-state index is 11.8. The maximum Gasteiger partial charge on any atom is 0.350 e. The van der Waals surface area contributed by atoms with Gasteiger partial charge in [-0.3, -0.25) is 0 Å². The fraction of sp³-hybridized carbons (Fsp3) is 1.00. The number of sulfonamides is 1. The van der Waals surface area contributed by atoms with Gasteiger partial charge in [-0.2, -0.15) is 8.78 Å². The highest BCUT2D eigenvalue weighted by Crippen LogP contribution is 2.09. The van der Waals surface area contributed by atoms with Crippen LogP contribution in [0.3, 0.4) is 0 Å². The molecule has 0 amide bonds. The smallest absolute Gasteiger partial charge is 0.209 e. The van der Waals surface area contributed by atoms with E-state index in [-0.39, 0.29) is 12.5 Å². The molecular formula is C6H12ClF2NO2S. The summed E-state index contributed by atoms with van der Waals surface area (Å²) in [5.41, 5.74) is 0. The summed E-state index contributed by atoms with van der Waals surface area (Å²) in [5, 5.41) is -0.478. The molecule has 7 heteroatoms. The van der Waals surface area contributed by atoms with Crippen LogP contribution in [0.25, 0.3) is 0 Å². The molecule has 0 aliphatic carbocycles. The number of hydrogen-bond acceptors (Lipinski definition) is 2. The fourth-order valence-electron chi connectivity index (χ4n) is 0.494. The molecule has 1 unspecified atom stereocenters. The Morgan fingerprint density at radius 2 is 1.85 bits per heavy atom. The molecule has 13 heavy (non-hydrogen) atoms. The van der Waals surface area contributed by atoms with Crippen LogP contribution in [0.5, 0.6) is 0 Å². The van der Waals surface area contributed by atoms with E-state index < -0.39 is 21.2 Å². The van der Waals surface area contributed by atoms with Gasteiger partial charge in [0.05, 0.1) is 0 Å². The Labute approximate surface area is 81.5 Å². The van der Waals surface area contributed by atoms with Crippen molar-refractivity contribution in [3.63, 3.8) is 0 Å². The molecule has 0 aliphatic rings. The molecule has 0 aliphatic heterocycles. The van der Waals surface area contributed by atoms with E-state index in [2.05, 4.69) is 0 Å². The summed E-state index contributed by atoms with van der Waals surface area (Å²) in [5.74, 6) is -3.37. The minimum atomic E-state index is -4.49. The molecule has 0 fully saturated rings. The van der Waals surface area contributed by atoms with Crippen LogP contribution in [0.4, 0.5) is 8.78 Å². The summed E-state index contributed by atoms with van der Waals surface area (Å²) >= 11 is 5.65. The van der Waals surface area contributed by atoms with Gasteiger partial charge in [0, 0.05) is 11.9 Å². The summed E-state index contributed by atoms with van der Waals surface area (Å²) in [6.07, 6.45) is 0. The van der Waals surface area contributed by atoms with Crippen molar-refractivity contribution < 1.29 is 17.2 Å². The van der Waals surface area contributed by atoms with E-state index in [4.69, 9.17) is 11.6 Å². The van der Waals surface area contributed by atoms with Gasteiger partial charge in [0.15, 0.2) is 0 Å². The molecule has 0 radical (unpaired) electrons. The zero-order valence-electron chi connectivity index (χ0n) is 7.30. The fourth-order valence-corrected chi connectivity index (χ4v) is 1.20. The number of rotatable bonds is 5. The Bertz CT molecular complexity index is 243. The van der Waals surface area contributed by atoms with Crippen LogP contribution in [0.15, 0.2) is 0 Å². The van der Waals surface area contributed by atoms with Gasteiger partial charge in [0.1, 0.15) is 0 Å². The van der Waals surface area contributed by atoms with Gasteiger partial charge in [-0.15, -0.1) is 11.6 Å². The quantitative estimate of drug-likeness (QED) is 0.732. The monoisotopic (exact) mass is 235 g/mol. The number of alkyl halides is 3. The lowest BCUT2D eigenvalue weighted by Gasteiger charge is -2.13. The molecule has 0 heterocycles. The summed E-state index contributed by atoms with van der Waals surface area (Å²) < 4.78 is 46.3. The second-order valence-corrected chi connectivity index (χ2v) is 5.21. The molecule has 80 valence electrons. The topological polar surface area (TPSA) is 46.2 Å². The van der Waals surface area contributed by atoms with Crippen LogP contribution in [-0.4, -0.2) is 26.1 Å². The number of hydrogen-bond donors (Lipinski definition) is 1. The van der Waals surface area contributed by atoms with Crippen LogP contribution in [0.2, 0.25) is 0 Å². The molecule has 3 nitrogen and oxygen atoms in total. The second-order valence-electron chi connectivity index (χ2n) is 2.91. The first kappa shape index (κ1) is 13.1. The minimum absolute atomic E-state index is 0.0297.